The number of aromatic nitrogens is 2. The number of hydrogen-bond donors (Lipinski definition) is 3. The van der Waals surface area contributed by atoms with Gasteiger partial charge in [-0.25, -0.2) is 9.97 Å². The molecule has 3 N–H and O–H groups in total. The molecule has 6 heteroatoms. The fourth-order valence-electron chi connectivity index (χ4n) is 2.57. The van der Waals surface area contributed by atoms with Crippen molar-refractivity contribution in [1.82, 2.24) is 9.97 Å². The van der Waals surface area contributed by atoms with E-state index >= 15 is 0 Å². The van der Waals surface area contributed by atoms with E-state index in [2.05, 4.69) is 38.9 Å². The van der Waals surface area contributed by atoms with Crippen molar-refractivity contribution in [2.75, 3.05) is 16.0 Å². The van der Waals surface area contributed by atoms with Crippen LogP contribution in [0, 0.1) is 0 Å². The lowest BCUT2D eigenvalue weighted by atomic mass is 10.1. The lowest BCUT2D eigenvalue weighted by Gasteiger charge is -2.11. The van der Waals surface area contributed by atoms with Crippen LogP contribution in [0.5, 0.6) is 0 Å². The predicted molar refractivity (Wildman–Crippen MR) is 105 cm³/mol. The minimum absolute atomic E-state index is 0.0930. The fraction of sp³-hybridized carbons (Fsp3) is 0.150. The molecular weight excluding hydrogens is 326 g/mol. The number of nitrogens with zero attached hydrogens (tertiary/aromatic N) is 2. The lowest BCUT2D eigenvalue weighted by Crippen LogP contribution is -2.05. The Morgan fingerprint density at radius 2 is 1.58 bits per heavy atom. The number of carbonyl (C=O) groups is 1. The van der Waals surface area contributed by atoms with Crippen LogP contribution in [0.25, 0.3) is 0 Å². The van der Waals surface area contributed by atoms with E-state index in [4.69, 9.17) is 0 Å². The maximum Gasteiger partial charge on any atom is 0.221 e. The standard InChI is InChI=1S/C20H21N5O/c1-3-15-6-4-5-7-18(15)25-20-12-19(21-13-22-20)24-17-10-8-16(9-11-17)23-14(2)26/h4-13H,3H2,1-2H3,(H,23,26)(H2,21,22,24,25). The number of aryl methyl sites for hydroxylation is 1. The molecule has 2 aromatic carbocycles. The van der Waals surface area contributed by atoms with Gasteiger partial charge in [0.1, 0.15) is 18.0 Å². The number of nitrogens with one attached hydrogen (secondary N) is 3. The summed E-state index contributed by atoms with van der Waals surface area (Å²) in [6.45, 7) is 3.61. The van der Waals surface area contributed by atoms with Crippen LogP contribution in [0.2, 0.25) is 0 Å². The van der Waals surface area contributed by atoms with Gasteiger partial charge in [-0.05, 0) is 42.3 Å². The summed E-state index contributed by atoms with van der Waals surface area (Å²) in [6.07, 6.45) is 2.46. The summed E-state index contributed by atoms with van der Waals surface area (Å²) in [4.78, 5) is 19.6. The van der Waals surface area contributed by atoms with E-state index in [0.717, 1.165) is 29.3 Å². The van der Waals surface area contributed by atoms with Crippen molar-refractivity contribution in [3.63, 3.8) is 0 Å². The summed E-state index contributed by atoms with van der Waals surface area (Å²) in [5, 5.41) is 9.32. The molecule has 0 unspecified atom stereocenters. The van der Waals surface area contributed by atoms with Gasteiger partial charge in [0, 0.05) is 30.1 Å². The third-order valence-corrected chi connectivity index (χ3v) is 3.81. The number of amides is 1. The van der Waals surface area contributed by atoms with E-state index in [-0.39, 0.29) is 5.91 Å². The number of carbonyl (C=O) groups excluding carboxylic acids is 1. The van der Waals surface area contributed by atoms with Gasteiger partial charge >= 0.3 is 0 Å². The summed E-state index contributed by atoms with van der Waals surface area (Å²) >= 11 is 0. The average Bonchev–Trinajstić information content (AvgIpc) is 2.64. The zero-order valence-corrected chi connectivity index (χ0v) is 14.8. The molecule has 0 spiro atoms. The van der Waals surface area contributed by atoms with Gasteiger partial charge in [-0.3, -0.25) is 4.79 Å². The van der Waals surface area contributed by atoms with Gasteiger partial charge in [-0.1, -0.05) is 25.1 Å². The molecule has 132 valence electrons. The molecule has 0 aliphatic carbocycles. The molecule has 0 aliphatic heterocycles. The third-order valence-electron chi connectivity index (χ3n) is 3.81. The molecule has 0 fully saturated rings. The lowest BCUT2D eigenvalue weighted by molar-refractivity contribution is -0.114. The number of para-hydroxylation sites is 1. The zero-order chi connectivity index (χ0) is 18.4. The maximum atomic E-state index is 11.1. The van der Waals surface area contributed by atoms with Gasteiger partial charge in [0.2, 0.25) is 5.91 Å². The van der Waals surface area contributed by atoms with Crippen molar-refractivity contribution in [1.29, 1.82) is 0 Å². The Kier molecular flexibility index (Phi) is 5.43. The Hall–Kier alpha value is -3.41. The Balaban J connectivity index is 1.72. The first kappa shape index (κ1) is 17.4. The van der Waals surface area contributed by atoms with Crippen molar-refractivity contribution in [3.05, 3.63) is 66.5 Å². The van der Waals surface area contributed by atoms with Gasteiger partial charge in [-0.15, -0.1) is 0 Å². The summed E-state index contributed by atoms with van der Waals surface area (Å²) < 4.78 is 0. The molecule has 0 radical (unpaired) electrons. The second kappa shape index (κ2) is 8.11. The van der Waals surface area contributed by atoms with Gasteiger partial charge in [0.05, 0.1) is 0 Å². The average molecular weight is 347 g/mol. The van der Waals surface area contributed by atoms with E-state index in [9.17, 15) is 4.79 Å². The molecule has 3 aromatic rings. The highest BCUT2D eigenvalue weighted by atomic mass is 16.1. The SMILES string of the molecule is CCc1ccccc1Nc1cc(Nc2ccc(NC(C)=O)cc2)ncn1. The molecule has 1 amide bonds. The smallest absolute Gasteiger partial charge is 0.221 e. The van der Waals surface area contributed by atoms with Crippen LogP contribution in [-0.4, -0.2) is 15.9 Å². The quantitative estimate of drug-likeness (QED) is 0.612. The van der Waals surface area contributed by atoms with Gasteiger partial charge < -0.3 is 16.0 Å². The van der Waals surface area contributed by atoms with Crippen molar-refractivity contribution in [3.8, 4) is 0 Å². The molecule has 0 atom stereocenters. The third kappa shape index (κ3) is 4.57. The minimum Gasteiger partial charge on any atom is -0.340 e. The molecule has 0 saturated carbocycles. The maximum absolute atomic E-state index is 11.1. The number of anilines is 5. The molecule has 6 nitrogen and oxygen atoms in total. The highest BCUT2D eigenvalue weighted by Crippen LogP contribution is 2.23. The van der Waals surface area contributed by atoms with Crippen LogP contribution in [0.4, 0.5) is 28.7 Å². The van der Waals surface area contributed by atoms with E-state index in [1.165, 1.54) is 18.8 Å². The summed E-state index contributed by atoms with van der Waals surface area (Å²) in [6, 6.07) is 17.4. The number of rotatable bonds is 6. The second-order valence-corrected chi connectivity index (χ2v) is 5.81. The summed E-state index contributed by atoms with van der Waals surface area (Å²) in [5.41, 5.74) is 3.90. The summed E-state index contributed by atoms with van der Waals surface area (Å²) in [5.74, 6) is 1.31. The van der Waals surface area contributed by atoms with E-state index in [0.29, 0.717) is 5.82 Å². The Morgan fingerprint density at radius 3 is 2.27 bits per heavy atom. The molecular formula is C20H21N5O. The fourth-order valence-corrected chi connectivity index (χ4v) is 2.57. The molecule has 1 aromatic heterocycles. The molecule has 1 heterocycles. The van der Waals surface area contributed by atoms with Crippen LogP contribution >= 0.6 is 0 Å². The predicted octanol–water partition coefficient (Wildman–Crippen LogP) is 4.48. The van der Waals surface area contributed by atoms with Gasteiger partial charge in [0.15, 0.2) is 0 Å². The van der Waals surface area contributed by atoms with Crippen LogP contribution in [0.1, 0.15) is 19.4 Å². The number of hydrogen-bond acceptors (Lipinski definition) is 5. The van der Waals surface area contributed by atoms with Crippen LogP contribution in [0.3, 0.4) is 0 Å². The van der Waals surface area contributed by atoms with E-state index < -0.39 is 0 Å². The monoisotopic (exact) mass is 347 g/mol. The highest BCUT2D eigenvalue weighted by molar-refractivity contribution is 5.88. The van der Waals surface area contributed by atoms with E-state index in [1.54, 1.807) is 0 Å². The molecule has 3 rings (SSSR count). The van der Waals surface area contributed by atoms with Crippen molar-refractivity contribution in [2.45, 2.75) is 20.3 Å². The first-order valence-corrected chi connectivity index (χ1v) is 8.45. The van der Waals surface area contributed by atoms with Crippen LogP contribution in [0.15, 0.2) is 60.9 Å². The van der Waals surface area contributed by atoms with Crippen LogP contribution in [-0.2, 0) is 11.2 Å². The molecule has 26 heavy (non-hydrogen) atoms. The largest absolute Gasteiger partial charge is 0.340 e. The van der Waals surface area contributed by atoms with Crippen LogP contribution < -0.4 is 16.0 Å². The Bertz CT molecular complexity index is 893. The summed E-state index contributed by atoms with van der Waals surface area (Å²) in [7, 11) is 0. The first-order chi connectivity index (χ1) is 12.6. The first-order valence-electron chi connectivity index (χ1n) is 8.45. The van der Waals surface area contributed by atoms with Gasteiger partial charge in [0.25, 0.3) is 0 Å². The number of benzene rings is 2. The zero-order valence-electron chi connectivity index (χ0n) is 14.8. The van der Waals surface area contributed by atoms with Crippen molar-refractivity contribution in [2.24, 2.45) is 0 Å². The second-order valence-electron chi connectivity index (χ2n) is 5.81. The highest BCUT2D eigenvalue weighted by Gasteiger charge is 2.04. The van der Waals surface area contributed by atoms with E-state index in [1.807, 2.05) is 48.5 Å². The molecule has 0 saturated heterocycles. The van der Waals surface area contributed by atoms with Gasteiger partial charge in [-0.2, -0.15) is 0 Å². The van der Waals surface area contributed by atoms with Crippen molar-refractivity contribution < 1.29 is 4.79 Å². The molecule has 0 aliphatic rings. The normalized spacial score (nSPS) is 10.2. The minimum atomic E-state index is -0.0930. The van der Waals surface area contributed by atoms with Crippen molar-refractivity contribution >= 4 is 34.6 Å². The Morgan fingerprint density at radius 1 is 0.923 bits per heavy atom. The Labute approximate surface area is 152 Å². The molecule has 0 bridgehead atoms. The topological polar surface area (TPSA) is 78.9 Å².